The van der Waals surface area contributed by atoms with Crippen LogP contribution in [0.25, 0.3) is 16.8 Å². The Morgan fingerprint density at radius 2 is 1.87 bits per heavy atom. The fourth-order valence-corrected chi connectivity index (χ4v) is 3.12. The molecule has 0 aliphatic carbocycles. The number of nitrogens with zero attached hydrogens (tertiary/aromatic N) is 1. The zero-order valence-electron chi connectivity index (χ0n) is 17.3. The van der Waals surface area contributed by atoms with Crippen LogP contribution >= 0.6 is 0 Å². The molecule has 3 rings (SSSR count). The molecule has 0 unspecified atom stereocenters. The Labute approximate surface area is 176 Å². The van der Waals surface area contributed by atoms with Gasteiger partial charge < -0.3 is 14.8 Å². The first-order chi connectivity index (χ1) is 14.5. The van der Waals surface area contributed by atoms with Crippen LogP contribution in [0, 0.1) is 11.3 Å². The van der Waals surface area contributed by atoms with Crippen molar-refractivity contribution in [1.82, 2.24) is 5.32 Å². The van der Waals surface area contributed by atoms with Gasteiger partial charge >= 0.3 is 0 Å². The summed E-state index contributed by atoms with van der Waals surface area (Å²) in [6.45, 7) is 4.09. The predicted octanol–water partition coefficient (Wildman–Crippen LogP) is 4.86. The van der Waals surface area contributed by atoms with Gasteiger partial charge in [-0.25, -0.2) is 0 Å². The molecule has 0 aliphatic rings. The van der Waals surface area contributed by atoms with Gasteiger partial charge in [0.15, 0.2) is 11.5 Å². The number of nitrogens with one attached hydrogen (secondary N) is 1. The largest absolute Gasteiger partial charge is 0.493 e. The van der Waals surface area contributed by atoms with E-state index in [1.54, 1.807) is 25.3 Å². The Morgan fingerprint density at radius 1 is 1.10 bits per heavy atom. The van der Waals surface area contributed by atoms with Crippen molar-refractivity contribution in [2.45, 2.75) is 26.5 Å². The second kappa shape index (κ2) is 9.62. The average molecular weight is 400 g/mol. The lowest BCUT2D eigenvalue weighted by Gasteiger charge is -2.13. The first kappa shape index (κ1) is 20.9. The third-order valence-electron chi connectivity index (χ3n) is 4.55. The van der Waals surface area contributed by atoms with Gasteiger partial charge in [0.1, 0.15) is 18.2 Å². The molecule has 3 aromatic rings. The van der Waals surface area contributed by atoms with Crippen LogP contribution < -0.4 is 14.8 Å². The Morgan fingerprint density at radius 3 is 2.60 bits per heavy atom. The standard InChI is InChI=1S/C25H24N2O3/c1-17(2)27-25(28)21(15-26)13-18-11-12-23(24(14-18)29-3)30-16-20-9-6-8-19-7-4-5-10-22(19)20/h4-14,17H,16H2,1-3H3,(H,27,28). The lowest BCUT2D eigenvalue weighted by Crippen LogP contribution is -2.30. The summed E-state index contributed by atoms with van der Waals surface area (Å²) in [6.07, 6.45) is 1.54. The molecular weight excluding hydrogens is 376 g/mol. The minimum atomic E-state index is -0.400. The molecule has 5 heteroatoms. The summed E-state index contributed by atoms with van der Waals surface area (Å²) in [7, 11) is 1.56. The van der Waals surface area contributed by atoms with Crippen molar-refractivity contribution in [2.24, 2.45) is 0 Å². The first-order valence-electron chi connectivity index (χ1n) is 9.72. The second-order valence-electron chi connectivity index (χ2n) is 7.14. The molecule has 0 aromatic heterocycles. The highest BCUT2D eigenvalue weighted by Crippen LogP contribution is 2.30. The van der Waals surface area contributed by atoms with Crippen LogP contribution in [0.2, 0.25) is 0 Å². The Kier molecular flexibility index (Phi) is 6.71. The molecule has 0 aliphatic heterocycles. The first-order valence-corrected chi connectivity index (χ1v) is 9.72. The van der Waals surface area contributed by atoms with Gasteiger partial charge in [-0.1, -0.05) is 48.5 Å². The highest BCUT2D eigenvalue weighted by Gasteiger charge is 2.12. The number of fused-ring (bicyclic) bond motifs is 1. The van der Waals surface area contributed by atoms with Gasteiger partial charge in [-0.2, -0.15) is 5.26 Å². The zero-order valence-corrected chi connectivity index (χ0v) is 17.3. The number of hydrogen-bond donors (Lipinski definition) is 1. The number of carbonyl (C=O) groups excluding carboxylic acids is 1. The molecule has 1 amide bonds. The third kappa shape index (κ3) is 4.98. The normalized spacial score (nSPS) is 11.2. The molecule has 0 bridgehead atoms. The number of benzene rings is 3. The highest BCUT2D eigenvalue weighted by molar-refractivity contribution is 6.01. The van der Waals surface area contributed by atoms with Gasteiger partial charge in [0.05, 0.1) is 7.11 Å². The number of carbonyl (C=O) groups is 1. The Balaban J connectivity index is 1.81. The monoisotopic (exact) mass is 400 g/mol. The van der Waals surface area contributed by atoms with Gasteiger partial charge in [0, 0.05) is 6.04 Å². The highest BCUT2D eigenvalue weighted by atomic mass is 16.5. The maximum atomic E-state index is 12.1. The molecule has 0 atom stereocenters. The Bertz CT molecular complexity index is 1120. The Hall–Kier alpha value is -3.78. The number of nitriles is 1. The molecule has 0 saturated heterocycles. The fourth-order valence-electron chi connectivity index (χ4n) is 3.12. The van der Waals surface area contributed by atoms with Crippen LogP contribution in [0.5, 0.6) is 11.5 Å². The van der Waals surface area contributed by atoms with Crippen molar-refractivity contribution in [3.8, 4) is 17.6 Å². The summed E-state index contributed by atoms with van der Waals surface area (Å²) in [5.74, 6) is 0.723. The van der Waals surface area contributed by atoms with Gasteiger partial charge in [-0.05, 0) is 54.0 Å². The molecule has 0 radical (unpaired) electrons. The van der Waals surface area contributed by atoms with Crippen LogP contribution in [0.1, 0.15) is 25.0 Å². The van der Waals surface area contributed by atoms with Gasteiger partial charge in [0.25, 0.3) is 5.91 Å². The lowest BCUT2D eigenvalue weighted by atomic mass is 10.1. The van der Waals surface area contributed by atoms with Crippen molar-refractivity contribution in [1.29, 1.82) is 5.26 Å². The molecular formula is C25H24N2O3. The quantitative estimate of drug-likeness (QED) is 0.454. The van der Waals surface area contributed by atoms with Crippen LogP contribution in [0.15, 0.2) is 66.2 Å². The van der Waals surface area contributed by atoms with E-state index in [1.165, 1.54) is 6.08 Å². The van der Waals surface area contributed by atoms with E-state index in [2.05, 4.69) is 23.5 Å². The molecule has 5 nitrogen and oxygen atoms in total. The third-order valence-corrected chi connectivity index (χ3v) is 4.55. The molecule has 0 heterocycles. The maximum absolute atomic E-state index is 12.1. The SMILES string of the molecule is COc1cc(C=C(C#N)C(=O)NC(C)C)ccc1OCc1cccc2ccccc12. The van der Waals surface area contributed by atoms with E-state index in [4.69, 9.17) is 9.47 Å². The molecule has 152 valence electrons. The van der Waals surface area contributed by atoms with Crippen LogP contribution in [0.4, 0.5) is 0 Å². The molecule has 1 N–H and O–H groups in total. The van der Waals surface area contributed by atoms with Crippen molar-refractivity contribution in [3.63, 3.8) is 0 Å². The second-order valence-corrected chi connectivity index (χ2v) is 7.14. The van der Waals surface area contributed by atoms with Gasteiger partial charge in [0.2, 0.25) is 0 Å². The maximum Gasteiger partial charge on any atom is 0.262 e. The van der Waals surface area contributed by atoms with Crippen LogP contribution in [-0.4, -0.2) is 19.1 Å². The van der Waals surface area contributed by atoms with Gasteiger partial charge in [-0.15, -0.1) is 0 Å². The van der Waals surface area contributed by atoms with E-state index in [9.17, 15) is 10.1 Å². The molecule has 0 spiro atoms. The van der Waals surface area contributed by atoms with Crippen molar-refractivity contribution in [2.75, 3.05) is 7.11 Å². The van der Waals surface area contributed by atoms with E-state index < -0.39 is 5.91 Å². The molecule has 0 fully saturated rings. The van der Waals surface area contributed by atoms with Crippen molar-refractivity contribution in [3.05, 3.63) is 77.4 Å². The number of rotatable bonds is 7. The minimum absolute atomic E-state index is 0.0372. The molecule has 30 heavy (non-hydrogen) atoms. The smallest absolute Gasteiger partial charge is 0.262 e. The van der Waals surface area contributed by atoms with Crippen molar-refractivity contribution >= 4 is 22.8 Å². The predicted molar refractivity (Wildman–Crippen MR) is 118 cm³/mol. The lowest BCUT2D eigenvalue weighted by molar-refractivity contribution is -0.117. The fraction of sp³-hybridized carbons (Fsp3) is 0.200. The minimum Gasteiger partial charge on any atom is -0.493 e. The number of amides is 1. The van der Waals surface area contributed by atoms with E-state index in [1.807, 2.05) is 44.2 Å². The average Bonchev–Trinajstić information content (AvgIpc) is 2.75. The number of hydrogen-bond acceptors (Lipinski definition) is 4. The summed E-state index contributed by atoms with van der Waals surface area (Å²) in [5, 5.41) is 14.3. The van der Waals surface area contributed by atoms with Gasteiger partial charge in [-0.3, -0.25) is 4.79 Å². The summed E-state index contributed by atoms with van der Waals surface area (Å²) in [4.78, 5) is 12.1. The van der Waals surface area contributed by atoms with Crippen LogP contribution in [0.3, 0.4) is 0 Å². The van der Waals surface area contributed by atoms with E-state index in [0.717, 1.165) is 16.3 Å². The zero-order chi connectivity index (χ0) is 21.5. The summed E-state index contributed by atoms with van der Waals surface area (Å²) in [6, 6.07) is 21.5. The number of methoxy groups -OCH3 is 1. The van der Waals surface area contributed by atoms with E-state index in [-0.39, 0.29) is 11.6 Å². The molecule has 0 saturated carbocycles. The van der Waals surface area contributed by atoms with E-state index in [0.29, 0.717) is 23.7 Å². The summed E-state index contributed by atoms with van der Waals surface area (Å²) in [5.41, 5.74) is 1.80. The molecule has 3 aromatic carbocycles. The summed E-state index contributed by atoms with van der Waals surface area (Å²) < 4.78 is 11.5. The number of ether oxygens (including phenoxy) is 2. The topological polar surface area (TPSA) is 71.3 Å². The van der Waals surface area contributed by atoms with E-state index >= 15 is 0 Å². The summed E-state index contributed by atoms with van der Waals surface area (Å²) >= 11 is 0. The van der Waals surface area contributed by atoms with Crippen molar-refractivity contribution < 1.29 is 14.3 Å². The van der Waals surface area contributed by atoms with Crippen LogP contribution in [-0.2, 0) is 11.4 Å².